The molecule has 202 valence electrons. The summed E-state index contributed by atoms with van der Waals surface area (Å²) in [4.78, 5) is 23.6. The molecular weight excluding hydrogens is 468 g/mol. The van der Waals surface area contributed by atoms with E-state index in [4.69, 9.17) is 15.2 Å². The van der Waals surface area contributed by atoms with Gasteiger partial charge >= 0.3 is 5.97 Å². The molecule has 0 saturated heterocycles. The smallest absolute Gasteiger partial charge is 0.335 e. The largest absolute Gasteiger partial charge is 0.463 e. The van der Waals surface area contributed by atoms with Gasteiger partial charge in [0, 0.05) is 32.0 Å². The highest BCUT2D eigenvalue weighted by Gasteiger charge is 2.17. The van der Waals surface area contributed by atoms with Crippen molar-refractivity contribution < 1.29 is 24.2 Å². The van der Waals surface area contributed by atoms with Crippen molar-refractivity contribution in [2.75, 3.05) is 26.4 Å². The van der Waals surface area contributed by atoms with Crippen LogP contribution in [0.4, 0.5) is 0 Å². The normalized spacial score (nSPS) is 13.8. The van der Waals surface area contributed by atoms with Gasteiger partial charge < -0.3 is 25.6 Å². The Kier molecular flexibility index (Phi) is 14.9. The van der Waals surface area contributed by atoms with Crippen LogP contribution in [0.1, 0.15) is 51.0 Å². The predicted molar refractivity (Wildman–Crippen MR) is 147 cm³/mol. The third-order valence-corrected chi connectivity index (χ3v) is 5.48. The van der Waals surface area contributed by atoms with Crippen LogP contribution in [0, 0.1) is 0 Å². The first-order valence-electron chi connectivity index (χ1n) is 13.2. The number of esters is 1. The van der Waals surface area contributed by atoms with E-state index in [2.05, 4.69) is 5.32 Å². The molecule has 0 heterocycles. The fourth-order valence-electron chi connectivity index (χ4n) is 3.17. The molecule has 7 nitrogen and oxygen atoms in total. The number of nitrogens with one attached hydrogen (secondary N) is 1. The van der Waals surface area contributed by atoms with Gasteiger partial charge in [0.15, 0.2) is 6.10 Å². The lowest BCUT2D eigenvalue weighted by molar-refractivity contribution is -0.153. The maximum atomic E-state index is 12.0. The number of benzene rings is 2. The van der Waals surface area contributed by atoms with Crippen LogP contribution in [-0.2, 0) is 25.5 Å². The molecule has 3 rings (SSSR count). The molecule has 7 heteroatoms. The molecule has 0 radical (unpaired) electrons. The van der Waals surface area contributed by atoms with Crippen LogP contribution >= 0.6 is 0 Å². The minimum Gasteiger partial charge on any atom is -0.463 e. The SMILES string of the molecule is C1CC1.CC(CN)NC(=O)CCCOC/C=C\CCOC(=O)C(O)Cc1ccc(-c2ccccc2)cc1. The molecule has 1 saturated carbocycles. The number of carbonyl (C=O) groups excluding carboxylic acids is 2. The van der Waals surface area contributed by atoms with Crippen molar-refractivity contribution in [1.82, 2.24) is 5.32 Å². The molecule has 0 aliphatic heterocycles. The number of amides is 1. The lowest BCUT2D eigenvalue weighted by Gasteiger charge is -2.11. The second-order valence-electron chi connectivity index (χ2n) is 9.15. The zero-order chi connectivity index (χ0) is 26.7. The van der Waals surface area contributed by atoms with Crippen molar-refractivity contribution in [1.29, 1.82) is 0 Å². The Labute approximate surface area is 221 Å². The Hall–Kier alpha value is -3.00. The summed E-state index contributed by atoms with van der Waals surface area (Å²) in [6.45, 7) is 3.39. The lowest BCUT2D eigenvalue weighted by atomic mass is 10.0. The molecule has 2 atom stereocenters. The predicted octanol–water partition coefficient (Wildman–Crippen LogP) is 4.18. The van der Waals surface area contributed by atoms with Gasteiger partial charge in [0.05, 0.1) is 13.2 Å². The van der Waals surface area contributed by atoms with Crippen molar-refractivity contribution >= 4 is 11.9 Å². The van der Waals surface area contributed by atoms with Gasteiger partial charge in [-0.2, -0.15) is 0 Å². The third kappa shape index (κ3) is 14.4. The van der Waals surface area contributed by atoms with Gasteiger partial charge in [-0.25, -0.2) is 4.79 Å². The summed E-state index contributed by atoms with van der Waals surface area (Å²) in [6.07, 6.45) is 8.80. The average molecular weight is 511 g/mol. The molecule has 2 aromatic carbocycles. The van der Waals surface area contributed by atoms with Gasteiger partial charge in [-0.05, 0) is 36.5 Å². The van der Waals surface area contributed by atoms with E-state index < -0.39 is 12.1 Å². The number of carbonyl (C=O) groups is 2. The van der Waals surface area contributed by atoms with E-state index in [9.17, 15) is 14.7 Å². The van der Waals surface area contributed by atoms with Crippen molar-refractivity contribution in [2.24, 2.45) is 5.73 Å². The Bertz CT molecular complexity index is 926. The molecule has 1 fully saturated rings. The van der Waals surface area contributed by atoms with E-state index in [1.807, 2.05) is 73.7 Å². The molecule has 37 heavy (non-hydrogen) atoms. The van der Waals surface area contributed by atoms with Gasteiger partial charge in [0.1, 0.15) is 0 Å². The number of aliphatic hydroxyl groups is 1. The summed E-state index contributed by atoms with van der Waals surface area (Å²) >= 11 is 0. The van der Waals surface area contributed by atoms with Gasteiger partial charge in [-0.15, -0.1) is 0 Å². The van der Waals surface area contributed by atoms with E-state index >= 15 is 0 Å². The highest BCUT2D eigenvalue weighted by atomic mass is 16.5. The molecule has 4 N–H and O–H groups in total. The van der Waals surface area contributed by atoms with E-state index in [0.717, 1.165) is 16.7 Å². The first-order chi connectivity index (χ1) is 18.0. The molecule has 0 bridgehead atoms. The molecular formula is C30H42N2O5. The monoisotopic (exact) mass is 510 g/mol. The van der Waals surface area contributed by atoms with Gasteiger partial charge in [-0.3, -0.25) is 4.79 Å². The number of hydrogen-bond donors (Lipinski definition) is 3. The molecule has 0 spiro atoms. The van der Waals surface area contributed by atoms with Crippen LogP contribution in [0.2, 0.25) is 0 Å². The Morgan fingerprint density at radius 3 is 2.32 bits per heavy atom. The van der Waals surface area contributed by atoms with Crippen LogP contribution in [0.15, 0.2) is 66.7 Å². The van der Waals surface area contributed by atoms with Crippen LogP contribution < -0.4 is 11.1 Å². The number of aliphatic hydroxyl groups excluding tert-OH is 1. The van der Waals surface area contributed by atoms with Crippen molar-refractivity contribution in [2.45, 2.75) is 64.0 Å². The zero-order valence-corrected chi connectivity index (χ0v) is 21.9. The first kappa shape index (κ1) is 30.2. The summed E-state index contributed by atoms with van der Waals surface area (Å²) in [6, 6.07) is 17.8. The fraction of sp³-hybridized carbons (Fsp3) is 0.467. The standard InChI is InChI=1S/C27H36N2O5.C3H6/c1-21(20-28)29-26(31)11-8-17-33-16-6-3-7-18-34-27(32)25(30)19-22-12-14-24(15-13-22)23-9-4-2-5-10-23;1-2-3-1/h2-6,9-10,12-15,21,25,30H,7-8,11,16-20,28H2,1H3,(H,29,31);1-3H2/b6-3-;. The average Bonchev–Trinajstić information content (AvgIpc) is 3.80. The van der Waals surface area contributed by atoms with Gasteiger partial charge in [0.2, 0.25) is 5.91 Å². The number of ether oxygens (including phenoxy) is 2. The van der Waals surface area contributed by atoms with E-state index in [-0.39, 0.29) is 25.0 Å². The zero-order valence-electron chi connectivity index (χ0n) is 21.9. The van der Waals surface area contributed by atoms with Gasteiger partial charge in [0.25, 0.3) is 0 Å². The highest BCUT2D eigenvalue weighted by molar-refractivity contribution is 5.76. The maximum Gasteiger partial charge on any atom is 0.335 e. The van der Waals surface area contributed by atoms with E-state index in [1.54, 1.807) is 0 Å². The van der Waals surface area contributed by atoms with Crippen molar-refractivity contribution in [3.63, 3.8) is 0 Å². The maximum absolute atomic E-state index is 12.0. The summed E-state index contributed by atoms with van der Waals surface area (Å²) in [5.41, 5.74) is 8.53. The quantitative estimate of drug-likeness (QED) is 0.188. The second-order valence-corrected chi connectivity index (χ2v) is 9.15. The first-order valence-corrected chi connectivity index (χ1v) is 13.2. The Morgan fingerprint density at radius 2 is 1.68 bits per heavy atom. The number of nitrogens with two attached hydrogens (primary N) is 1. The lowest BCUT2D eigenvalue weighted by Crippen LogP contribution is -2.37. The van der Waals surface area contributed by atoms with Crippen LogP contribution in [0.3, 0.4) is 0 Å². The summed E-state index contributed by atoms with van der Waals surface area (Å²) < 4.78 is 10.6. The molecule has 0 aromatic heterocycles. The highest BCUT2D eigenvalue weighted by Crippen LogP contribution is 2.20. The molecule has 2 unspecified atom stereocenters. The second kappa shape index (κ2) is 18.3. The third-order valence-electron chi connectivity index (χ3n) is 5.48. The number of rotatable bonds is 15. The van der Waals surface area contributed by atoms with Crippen LogP contribution in [0.25, 0.3) is 11.1 Å². The van der Waals surface area contributed by atoms with Gasteiger partial charge in [-0.1, -0.05) is 86.0 Å². The molecule has 1 aliphatic carbocycles. The minimum atomic E-state index is -1.19. The minimum absolute atomic E-state index is 0.0157. The topological polar surface area (TPSA) is 111 Å². The van der Waals surface area contributed by atoms with Crippen molar-refractivity contribution in [3.8, 4) is 11.1 Å². The Balaban J connectivity index is 0.00000149. The Morgan fingerprint density at radius 1 is 1.00 bits per heavy atom. The van der Waals surface area contributed by atoms with Crippen LogP contribution in [0.5, 0.6) is 0 Å². The van der Waals surface area contributed by atoms with E-state index in [1.165, 1.54) is 19.3 Å². The van der Waals surface area contributed by atoms with Crippen molar-refractivity contribution in [3.05, 3.63) is 72.3 Å². The van der Waals surface area contributed by atoms with Crippen LogP contribution in [-0.4, -0.2) is 55.5 Å². The fourth-order valence-corrected chi connectivity index (χ4v) is 3.17. The summed E-state index contributed by atoms with van der Waals surface area (Å²) in [5.74, 6) is -0.649. The van der Waals surface area contributed by atoms with E-state index in [0.29, 0.717) is 39.0 Å². The molecule has 1 aliphatic rings. The molecule has 1 amide bonds. The summed E-state index contributed by atoms with van der Waals surface area (Å²) in [7, 11) is 0. The summed E-state index contributed by atoms with van der Waals surface area (Å²) in [5, 5.41) is 12.9. The number of hydrogen-bond acceptors (Lipinski definition) is 6. The molecule has 2 aromatic rings.